The minimum Gasteiger partial charge on any atom is -0.481 e. The van der Waals surface area contributed by atoms with Crippen LogP contribution in [0.3, 0.4) is 0 Å². The Morgan fingerprint density at radius 2 is 1.68 bits per heavy atom. The normalized spacial score (nSPS) is 38.3. The maximum atomic E-state index is 12.2. The summed E-state index contributed by atoms with van der Waals surface area (Å²) in [4.78, 5) is 23.5. The van der Waals surface area contributed by atoms with Crippen LogP contribution in [0.25, 0.3) is 0 Å². The predicted octanol–water partition coefficient (Wildman–Crippen LogP) is 2.18. The van der Waals surface area contributed by atoms with Gasteiger partial charge in [0.05, 0.1) is 5.92 Å². The maximum absolute atomic E-state index is 12.2. The molecule has 4 atom stereocenters. The summed E-state index contributed by atoms with van der Waals surface area (Å²) < 4.78 is 0. The van der Waals surface area contributed by atoms with Crippen LogP contribution in [0.2, 0.25) is 0 Å². The summed E-state index contributed by atoms with van der Waals surface area (Å²) in [5.41, 5.74) is 0. The van der Waals surface area contributed by atoms with E-state index in [-0.39, 0.29) is 23.8 Å². The number of amides is 1. The van der Waals surface area contributed by atoms with Gasteiger partial charge in [-0.25, -0.2) is 0 Å². The second-order valence-corrected chi connectivity index (χ2v) is 6.54. The highest BCUT2D eigenvalue weighted by molar-refractivity contribution is 5.83. The highest BCUT2D eigenvalue weighted by Crippen LogP contribution is 2.54. The number of carboxylic acids is 1. The Morgan fingerprint density at radius 1 is 0.947 bits per heavy atom. The Morgan fingerprint density at radius 3 is 2.37 bits per heavy atom. The van der Waals surface area contributed by atoms with Gasteiger partial charge in [-0.3, -0.25) is 9.59 Å². The van der Waals surface area contributed by atoms with Crippen LogP contribution in [0, 0.1) is 23.7 Å². The Kier molecular flexibility index (Phi) is 3.50. The van der Waals surface area contributed by atoms with Gasteiger partial charge in [0.15, 0.2) is 0 Å². The monoisotopic (exact) mass is 265 g/mol. The molecular formula is C15H23NO3. The molecule has 0 aromatic rings. The van der Waals surface area contributed by atoms with E-state index in [0.29, 0.717) is 12.3 Å². The van der Waals surface area contributed by atoms with Crippen molar-refractivity contribution < 1.29 is 14.7 Å². The first kappa shape index (κ1) is 12.9. The molecule has 3 aliphatic carbocycles. The number of hydrogen-bond acceptors (Lipinski definition) is 2. The third-order valence-electron chi connectivity index (χ3n) is 5.06. The molecule has 3 saturated carbocycles. The molecule has 4 nitrogen and oxygen atoms in total. The van der Waals surface area contributed by atoms with E-state index in [4.69, 9.17) is 0 Å². The van der Waals surface area contributed by atoms with E-state index in [1.165, 1.54) is 12.8 Å². The minimum atomic E-state index is -0.748. The molecule has 2 N–H and O–H groups in total. The zero-order chi connectivity index (χ0) is 13.4. The van der Waals surface area contributed by atoms with Crippen LogP contribution in [-0.4, -0.2) is 23.0 Å². The fraction of sp³-hybridized carbons (Fsp3) is 0.867. The molecule has 3 fully saturated rings. The van der Waals surface area contributed by atoms with Gasteiger partial charge in [-0.05, 0) is 43.9 Å². The molecule has 3 rings (SSSR count). The van der Waals surface area contributed by atoms with E-state index in [1.807, 2.05) is 0 Å². The van der Waals surface area contributed by atoms with Crippen molar-refractivity contribution >= 4 is 11.9 Å². The topological polar surface area (TPSA) is 66.4 Å². The van der Waals surface area contributed by atoms with E-state index in [2.05, 4.69) is 5.32 Å². The molecule has 0 radical (unpaired) electrons. The van der Waals surface area contributed by atoms with Gasteiger partial charge in [0.2, 0.25) is 5.91 Å². The molecule has 0 aliphatic heterocycles. The van der Waals surface area contributed by atoms with Gasteiger partial charge in [0, 0.05) is 12.0 Å². The second kappa shape index (κ2) is 5.14. The highest BCUT2D eigenvalue weighted by atomic mass is 16.4. The van der Waals surface area contributed by atoms with Gasteiger partial charge in [0.1, 0.15) is 0 Å². The van der Waals surface area contributed by atoms with Crippen LogP contribution in [-0.2, 0) is 9.59 Å². The number of nitrogens with one attached hydrogen (secondary N) is 1. The molecule has 0 bridgehead atoms. The van der Waals surface area contributed by atoms with E-state index >= 15 is 0 Å². The average molecular weight is 265 g/mol. The van der Waals surface area contributed by atoms with Crippen molar-refractivity contribution in [3.05, 3.63) is 0 Å². The maximum Gasteiger partial charge on any atom is 0.308 e. The second-order valence-electron chi connectivity index (χ2n) is 6.54. The standard InChI is InChI=1S/C15H23NO3/c17-14(12-8-11(12)9-6-7-9)16-13-5-3-1-2-4-10(13)15(18)19/h9-13H,1-8H2,(H,16,17)(H,18,19)/t10-,11?,12?,13+/m1/s1. The predicted molar refractivity (Wildman–Crippen MR) is 70.5 cm³/mol. The average Bonchev–Trinajstić information content (AvgIpc) is 3.21. The number of hydrogen-bond donors (Lipinski definition) is 2. The summed E-state index contributed by atoms with van der Waals surface area (Å²) in [7, 11) is 0. The fourth-order valence-corrected chi connectivity index (χ4v) is 3.63. The SMILES string of the molecule is O=C(N[C@H]1CCCCC[C@H]1C(=O)O)C1CC1C1CC1. The first-order valence-corrected chi connectivity index (χ1v) is 7.70. The number of carbonyl (C=O) groups is 2. The van der Waals surface area contributed by atoms with Gasteiger partial charge in [-0.15, -0.1) is 0 Å². The molecule has 19 heavy (non-hydrogen) atoms. The van der Waals surface area contributed by atoms with Crippen LogP contribution in [0.15, 0.2) is 0 Å². The largest absolute Gasteiger partial charge is 0.481 e. The first-order valence-electron chi connectivity index (χ1n) is 7.70. The van der Waals surface area contributed by atoms with Gasteiger partial charge in [-0.2, -0.15) is 0 Å². The van der Waals surface area contributed by atoms with Gasteiger partial charge in [-0.1, -0.05) is 19.3 Å². The van der Waals surface area contributed by atoms with Crippen molar-refractivity contribution in [3.8, 4) is 0 Å². The Labute approximate surface area is 113 Å². The summed E-state index contributed by atoms with van der Waals surface area (Å²) in [5.74, 6) is 0.570. The third-order valence-corrected chi connectivity index (χ3v) is 5.06. The summed E-state index contributed by atoms with van der Waals surface area (Å²) in [5, 5.41) is 12.3. The van der Waals surface area contributed by atoms with Crippen LogP contribution in [0.1, 0.15) is 51.4 Å². The van der Waals surface area contributed by atoms with Crippen molar-refractivity contribution in [2.45, 2.75) is 57.4 Å². The van der Waals surface area contributed by atoms with Crippen molar-refractivity contribution in [1.82, 2.24) is 5.32 Å². The molecule has 0 spiro atoms. The van der Waals surface area contributed by atoms with E-state index in [9.17, 15) is 14.7 Å². The smallest absolute Gasteiger partial charge is 0.308 e. The van der Waals surface area contributed by atoms with E-state index in [1.54, 1.807) is 0 Å². The van der Waals surface area contributed by atoms with Gasteiger partial charge >= 0.3 is 5.97 Å². The molecule has 106 valence electrons. The molecular weight excluding hydrogens is 242 g/mol. The highest BCUT2D eigenvalue weighted by Gasteiger charge is 2.51. The van der Waals surface area contributed by atoms with Gasteiger partial charge < -0.3 is 10.4 Å². The Hall–Kier alpha value is -1.06. The number of aliphatic carboxylic acids is 1. The summed E-state index contributed by atoms with van der Waals surface area (Å²) >= 11 is 0. The Balaban J connectivity index is 1.56. The summed E-state index contributed by atoms with van der Waals surface area (Å²) in [6.45, 7) is 0. The fourth-order valence-electron chi connectivity index (χ4n) is 3.63. The van der Waals surface area contributed by atoms with Crippen LogP contribution < -0.4 is 5.32 Å². The molecule has 4 heteroatoms. The van der Waals surface area contributed by atoms with Crippen molar-refractivity contribution in [2.75, 3.05) is 0 Å². The number of carboxylic acid groups (broad SMARTS) is 1. The Bertz CT molecular complexity index is 378. The minimum absolute atomic E-state index is 0.120. The molecule has 3 aliphatic rings. The molecule has 0 aromatic heterocycles. The van der Waals surface area contributed by atoms with Crippen molar-refractivity contribution in [3.63, 3.8) is 0 Å². The van der Waals surface area contributed by atoms with Crippen LogP contribution in [0.4, 0.5) is 0 Å². The lowest BCUT2D eigenvalue weighted by Crippen LogP contribution is -2.43. The zero-order valence-electron chi connectivity index (χ0n) is 11.3. The lowest BCUT2D eigenvalue weighted by atomic mass is 9.94. The summed E-state index contributed by atoms with van der Waals surface area (Å²) in [6, 6.07) is -0.145. The lowest BCUT2D eigenvalue weighted by molar-refractivity contribution is -0.143. The van der Waals surface area contributed by atoms with Gasteiger partial charge in [0.25, 0.3) is 0 Å². The van der Waals surface area contributed by atoms with Crippen molar-refractivity contribution in [2.24, 2.45) is 23.7 Å². The number of rotatable bonds is 4. The van der Waals surface area contributed by atoms with Crippen LogP contribution >= 0.6 is 0 Å². The molecule has 0 heterocycles. The molecule has 0 saturated heterocycles. The van der Waals surface area contributed by atoms with Crippen LogP contribution in [0.5, 0.6) is 0 Å². The third kappa shape index (κ3) is 2.93. The van der Waals surface area contributed by atoms with E-state index in [0.717, 1.165) is 38.0 Å². The van der Waals surface area contributed by atoms with Crippen molar-refractivity contribution in [1.29, 1.82) is 0 Å². The quantitative estimate of drug-likeness (QED) is 0.766. The number of carbonyl (C=O) groups excluding carboxylic acids is 1. The summed E-state index contributed by atoms with van der Waals surface area (Å²) in [6.07, 6.45) is 8.22. The zero-order valence-corrected chi connectivity index (χ0v) is 11.3. The molecule has 2 unspecified atom stereocenters. The lowest BCUT2D eigenvalue weighted by Gasteiger charge is -2.23. The van der Waals surface area contributed by atoms with E-state index < -0.39 is 5.97 Å². The molecule has 1 amide bonds. The first-order chi connectivity index (χ1) is 9.16. The molecule has 0 aromatic carbocycles.